The first-order valence-electron chi connectivity index (χ1n) is 10.2. The van der Waals surface area contributed by atoms with Gasteiger partial charge in [-0.05, 0) is 51.6 Å². The van der Waals surface area contributed by atoms with E-state index >= 15 is 0 Å². The Morgan fingerprint density at radius 1 is 1.12 bits per heavy atom. The number of hydrogen-bond donors (Lipinski definition) is 4. The van der Waals surface area contributed by atoms with E-state index in [9.17, 15) is 22.8 Å². The molecule has 32 heavy (non-hydrogen) atoms. The molecule has 2 amide bonds. The summed E-state index contributed by atoms with van der Waals surface area (Å²) in [6.45, 7) is 2.21. The van der Waals surface area contributed by atoms with Crippen LogP contribution in [-0.4, -0.2) is 96.5 Å². The fourth-order valence-electron chi connectivity index (χ4n) is 4.16. The highest BCUT2D eigenvalue weighted by molar-refractivity contribution is 5.79. The second-order valence-corrected chi connectivity index (χ2v) is 7.93. The molecule has 3 aliphatic rings. The van der Waals surface area contributed by atoms with Gasteiger partial charge in [0.25, 0.3) is 0 Å². The number of carboxylic acid groups (broad SMARTS) is 2. The molecule has 2 aliphatic heterocycles. The van der Waals surface area contributed by atoms with Crippen LogP contribution < -0.4 is 10.6 Å². The Morgan fingerprint density at radius 2 is 1.62 bits per heavy atom. The minimum Gasteiger partial charge on any atom is -0.475 e. The number of amides is 2. The standard InChI is InChI=1S/C15H22N4O3.C2HF3O2.C2H7N/c16-6-13-2-1-3-19(13)14(20)7-17-12-4-10-8-18(15(21)22)9-11(10)5-12;3-2(4,5)1(6)7;1-3-2/h10-13,17H,1-5,7-9H2,(H,21,22);(H,6,7);3H,1-2H3/t10-,11+,12?,13-;;/m0../s1. The van der Waals surface area contributed by atoms with Crippen LogP contribution in [0.15, 0.2) is 0 Å². The van der Waals surface area contributed by atoms with Crippen molar-refractivity contribution in [1.29, 1.82) is 5.26 Å². The maximum atomic E-state index is 12.2. The molecule has 4 N–H and O–H groups in total. The summed E-state index contributed by atoms with van der Waals surface area (Å²) in [5.41, 5.74) is 0. The van der Waals surface area contributed by atoms with Crippen LogP contribution in [0.5, 0.6) is 0 Å². The van der Waals surface area contributed by atoms with E-state index in [-0.39, 0.29) is 24.5 Å². The molecule has 0 radical (unpaired) electrons. The first kappa shape index (κ1) is 27.4. The zero-order chi connectivity index (χ0) is 24.5. The molecule has 0 aromatic rings. The van der Waals surface area contributed by atoms with Gasteiger partial charge < -0.3 is 30.6 Å². The van der Waals surface area contributed by atoms with Crippen LogP contribution in [0, 0.1) is 23.2 Å². The van der Waals surface area contributed by atoms with Crippen molar-refractivity contribution in [3.05, 3.63) is 0 Å². The zero-order valence-corrected chi connectivity index (χ0v) is 18.1. The average molecular weight is 465 g/mol. The third kappa shape index (κ3) is 8.16. The lowest BCUT2D eigenvalue weighted by molar-refractivity contribution is -0.192. The van der Waals surface area contributed by atoms with Gasteiger partial charge in [0.05, 0.1) is 12.6 Å². The minimum absolute atomic E-state index is 0.00766. The van der Waals surface area contributed by atoms with Gasteiger partial charge in [-0.1, -0.05) is 0 Å². The van der Waals surface area contributed by atoms with E-state index in [1.54, 1.807) is 4.90 Å². The van der Waals surface area contributed by atoms with Crippen LogP contribution in [0.25, 0.3) is 0 Å². The molecular weight excluding hydrogens is 435 g/mol. The summed E-state index contributed by atoms with van der Waals surface area (Å²) in [6.07, 6.45) is -2.36. The third-order valence-electron chi connectivity index (χ3n) is 5.53. The zero-order valence-electron chi connectivity index (χ0n) is 18.1. The van der Waals surface area contributed by atoms with Crippen LogP contribution in [-0.2, 0) is 9.59 Å². The number of carbonyl (C=O) groups excluding carboxylic acids is 1. The molecule has 1 aliphatic carbocycles. The smallest absolute Gasteiger partial charge is 0.475 e. The van der Waals surface area contributed by atoms with Gasteiger partial charge in [0.2, 0.25) is 5.91 Å². The Bertz CT molecular complexity index is 686. The normalized spacial score (nSPS) is 26.2. The van der Waals surface area contributed by atoms with Crippen molar-refractivity contribution in [2.75, 3.05) is 40.3 Å². The van der Waals surface area contributed by atoms with E-state index in [1.165, 1.54) is 4.90 Å². The van der Waals surface area contributed by atoms with Gasteiger partial charge >= 0.3 is 18.2 Å². The van der Waals surface area contributed by atoms with E-state index in [0.717, 1.165) is 25.7 Å². The monoisotopic (exact) mass is 465 g/mol. The van der Waals surface area contributed by atoms with Crippen molar-refractivity contribution in [2.24, 2.45) is 11.8 Å². The Kier molecular flexibility index (Phi) is 10.7. The number of carboxylic acids is 1. The molecule has 3 fully saturated rings. The highest BCUT2D eigenvalue weighted by Crippen LogP contribution is 2.38. The summed E-state index contributed by atoms with van der Waals surface area (Å²) in [6, 6.07) is 2.21. The summed E-state index contributed by atoms with van der Waals surface area (Å²) < 4.78 is 31.7. The maximum absolute atomic E-state index is 12.2. The van der Waals surface area contributed by atoms with Gasteiger partial charge in [-0.25, -0.2) is 9.59 Å². The minimum atomic E-state index is -5.08. The Morgan fingerprint density at radius 3 is 2.03 bits per heavy atom. The van der Waals surface area contributed by atoms with Crippen molar-refractivity contribution < 1.29 is 37.8 Å². The van der Waals surface area contributed by atoms with E-state index in [0.29, 0.717) is 31.5 Å². The summed E-state index contributed by atoms with van der Waals surface area (Å²) in [5.74, 6) is -1.91. The summed E-state index contributed by atoms with van der Waals surface area (Å²) in [7, 11) is 3.75. The summed E-state index contributed by atoms with van der Waals surface area (Å²) in [4.78, 5) is 35.2. The van der Waals surface area contributed by atoms with Crippen LogP contribution in [0.2, 0.25) is 0 Å². The number of halogens is 3. The first-order valence-corrected chi connectivity index (χ1v) is 10.2. The highest BCUT2D eigenvalue weighted by Gasteiger charge is 2.42. The molecular formula is C19H30F3N5O5. The van der Waals surface area contributed by atoms with Crippen LogP contribution in [0.3, 0.4) is 0 Å². The van der Waals surface area contributed by atoms with Crippen molar-refractivity contribution in [2.45, 2.75) is 43.9 Å². The number of nitrogens with zero attached hydrogens (tertiary/aromatic N) is 3. The number of carbonyl (C=O) groups is 3. The summed E-state index contributed by atoms with van der Waals surface area (Å²) in [5, 5.41) is 31.2. The number of nitrogens with one attached hydrogen (secondary N) is 2. The number of aliphatic carboxylic acids is 1. The van der Waals surface area contributed by atoms with Crippen molar-refractivity contribution in [3.8, 4) is 6.07 Å². The van der Waals surface area contributed by atoms with Crippen molar-refractivity contribution in [1.82, 2.24) is 20.4 Å². The first-order chi connectivity index (χ1) is 14.9. The molecule has 0 bridgehead atoms. The predicted octanol–water partition coefficient (Wildman–Crippen LogP) is 0.948. The molecule has 13 heteroatoms. The molecule has 0 aromatic carbocycles. The van der Waals surface area contributed by atoms with Gasteiger partial charge in [0.15, 0.2) is 0 Å². The molecule has 2 saturated heterocycles. The molecule has 0 spiro atoms. The van der Waals surface area contributed by atoms with Gasteiger partial charge in [-0.2, -0.15) is 18.4 Å². The molecule has 1 unspecified atom stereocenters. The topological polar surface area (TPSA) is 146 Å². The SMILES string of the molecule is CNC.N#C[C@@H]1CCCN1C(=O)CNC1C[C@@H]2CN(C(=O)O)C[C@@H]2C1.O=C(O)C(F)(F)F. The fraction of sp³-hybridized carbons (Fsp3) is 0.789. The van der Waals surface area contributed by atoms with E-state index in [4.69, 9.17) is 20.3 Å². The Hall–Kier alpha value is -2.59. The second kappa shape index (κ2) is 12.4. The van der Waals surface area contributed by atoms with Crippen molar-refractivity contribution >= 4 is 18.0 Å². The number of nitriles is 1. The average Bonchev–Trinajstić information content (AvgIpc) is 3.40. The highest BCUT2D eigenvalue weighted by atomic mass is 19.4. The lowest BCUT2D eigenvalue weighted by atomic mass is 10.0. The van der Waals surface area contributed by atoms with Crippen LogP contribution in [0.4, 0.5) is 18.0 Å². The molecule has 1 saturated carbocycles. The Balaban J connectivity index is 0.000000433. The fourth-order valence-corrected chi connectivity index (χ4v) is 4.16. The molecule has 0 aromatic heterocycles. The van der Waals surface area contributed by atoms with E-state index in [1.807, 2.05) is 14.1 Å². The lowest BCUT2D eigenvalue weighted by Crippen LogP contribution is -2.43. The number of alkyl halides is 3. The van der Waals surface area contributed by atoms with E-state index in [2.05, 4.69) is 16.7 Å². The number of rotatable bonds is 3. The molecule has 3 rings (SSSR count). The second-order valence-electron chi connectivity index (χ2n) is 7.93. The quantitative estimate of drug-likeness (QED) is 0.482. The predicted molar refractivity (Wildman–Crippen MR) is 107 cm³/mol. The van der Waals surface area contributed by atoms with Gasteiger partial charge in [0.1, 0.15) is 6.04 Å². The molecule has 4 atom stereocenters. The third-order valence-corrected chi connectivity index (χ3v) is 5.53. The van der Waals surface area contributed by atoms with Gasteiger partial charge in [-0.3, -0.25) is 4.79 Å². The Labute approximate surface area is 184 Å². The maximum Gasteiger partial charge on any atom is 0.490 e. The molecule has 10 nitrogen and oxygen atoms in total. The van der Waals surface area contributed by atoms with E-state index < -0.39 is 18.2 Å². The molecule has 182 valence electrons. The number of fused-ring (bicyclic) bond motifs is 1. The van der Waals surface area contributed by atoms with Gasteiger partial charge in [0, 0.05) is 25.7 Å². The lowest BCUT2D eigenvalue weighted by Gasteiger charge is -2.22. The van der Waals surface area contributed by atoms with Crippen LogP contribution in [0.1, 0.15) is 25.7 Å². The van der Waals surface area contributed by atoms with Gasteiger partial charge in [-0.15, -0.1) is 0 Å². The largest absolute Gasteiger partial charge is 0.490 e. The van der Waals surface area contributed by atoms with Crippen LogP contribution >= 0.6 is 0 Å². The summed E-state index contributed by atoms with van der Waals surface area (Å²) >= 11 is 0. The number of hydrogen-bond acceptors (Lipinski definition) is 6. The number of likely N-dealkylation sites (tertiary alicyclic amines) is 2. The molecule has 2 heterocycles. The van der Waals surface area contributed by atoms with Crippen molar-refractivity contribution in [3.63, 3.8) is 0 Å².